The zero-order valence-corrected chi connectivity index (χ0v) is 12.6. The Hall–Kier alpha value is -1.26. The van der Waals surface area contributed by atoms with E-state index in [2.05, 4.69) is 31.1 Å². The van der Waals surface area contributed by atoms with Crippen molar-refractivity contribution in [2.45, 2.75) is 39.8 Å². The van der Waals surface area contributed by atoms with E-state index in [1.807, 2.05) is 6.92 Å². The number of aromatic nitrogens is 1. The summed E-state index contributed by atoms with van der Waals surface area (Å²) in [5.74, 6) is -0.216. The summed E-state index contributed by atoms with van der Waals surface area (Å²) in [5.41, 5.74) is 2.10. The highest BCUT2D eigenvalue weighted by Gasteiger charge is 2.13. The lowest BCUT2D eigenvalue weighted by Gasteiger charge is -2.19. The number of nitrogens with zero attached hydrogens (tertiary/aromatic N) is 1. The number of thiazole rings is 1. The largest absolute Gasteiger partial charge is 0.307 e. The summed E-state index contributed by atoms with van der Waals surface area (Å²) in [7, 11) is 0. The summed E-state index contributed by atoms with van der Waals surface area (Å²) in [5, 5.41) is 4.41. The van der Waals surface area contributed by atoms with Gasteiger partial charge < -0.3 is 5.32 Å². The van der Waals surface area contributed by atoms with Crippen molar-refractivity contribution in [2.24, 2.45) is 0 Å². The quantitative estimate of drug-likeness (QED) is 0.912. The summed E-state index contributed by atoms with van der Waals surface area (Å²) < 4.78 is 12.9. The van der Waals surface area contributed by atoms with Gasteiger partial charge in [0.25, 0.3) is 0 Å². The topological polar surface area (TPSA) is 24.9 Å². The van der Waals surface area contributed by atoms with Crippen molar-refractivity contribution < 1.29 is 4.39 Å². The number of benzene rings is 1. The molecule has 0 amide bonds. The van der Waals surface area contributed by atoms with Gasteiger partial charge in [0.15, 0.2) is 0 Å². The molecule has 0 fully saturated rings. The number of hydrogen-bond acceptors (Lipinski definition) is 3. The monoisotopic (exact) mass is 278 g/mol. The van der Waals surface area contributed by atoms with Gasteiger partial charge in [-0.15, -0.1) is 11.3 Å². The molecule has 0 aliphatic rings. The first-order chi connectivity index (χ1) is 8.85. The van der Waals surface area contributed by atoms with Crippen LogP contribution in [0.25, 0.3) is 10.6 Å². The molecule has 0 unspecified atom stereocenters. The average Bonchev–Trinajstić information content (AvgIpc) is 2.68. The predicted molar refractivity (Wildman–Crippen MR) is 78.8 cm³/mol. The van der Waals surface area contributed by atoms with E-state index in [0.717, 1.165) is 22.8 Å². The molecule has 102 valence electrons. The molecule has 1 N–H and O–H groups in total. The minimum Gasteiger partial charge on any atom is -0.307 e. The molecule has 0 spiro atoms. The minimum absolute atomic E-state index is 0.0898. The van der Waals surface area contributed by atoms with Crippen LogP contribution in [-0.2, 0) is 6.54 Å². The van der Waals surface area contributed by atoms with Crippen molar-refractivity contribution in [3.8, 4) is 10.6 Å². The summed E-state index contributed by atoms with van der Waals surface area (Å²) in [6.07, 6.45) is 0. The first kappa shape index (κ1) is 14.2. The number of aryl methyl sites for hydroxylation is 1. The van der Waals surface area contributed by atoms with E-state index in [1.165, 1.54) is 17.0 Å². The normalized spacial score (nSPS) is 11.8. The Balaban J connectivity index is 2.19. The first-order valence-corrected chi connectivity index (χ1v) is 7.14. The summed E-state index contributed by atoms with van der Waals surface area (Å²) in [6.45, 7) is 9.26. The molecule has 2 rings (SSSR count). The molecule has 4 heteroatoms. The summed E-state index contributed by atoms with van der Waals surface area (Å²) in [6, 6.07) is 6.49. The molecule has 2 aromatic rings. The third kappa shape index (κ3) is 3.85. The molecule has 1 aromatic heterocycles. The van der Waals surface area contributed by atoms with Gasteiger partial charge in [0.05, 0.1) is 5.69 Å². The maximum absolute atomic E-state index is 12.9. The highest BCUT2D eigenvalue weighted by atomic mass is 32.1. The van der Waals surface area contributed by atoms with E-state index in [9.17, 15) is 4.39 Å². The fourth-order valence-electron chi connectivity index (χ4n) is 1.65. The van der Waals surface area contributed by atoms with Gasteiger partial charge in [-0.1, -0.05) is 0 Å². The lowest BCUT2D eigenvalue weighted by atomic mass is 10.1. The van der Waals surface area contributed by atoms with Crippen molar-refractivity contribution in [1.82, 2.24) is 10.3 Å². The van der Waals surface area contributed by atoms with Crippen LogP contribution in [-0.4, -0.2) is 10.5 Å². The maximum Gasteiger partial charge on any atom is 0.123 e. The summed E-state index contributed by atoms with van der Waals surface area (Å²) >= 11 is 1.66. The van der Waals surface area contributed by atoms with E-state index in [1.54, 1.807) is 23.5 Å². The van der Waals surface area contributed by atoms with Crippen LogP contribution in [0.2, 0.25) is 0 Å². The second-order valence-electron chi connectivity index (χ2n) is 5.64. The zero-order chi connectivity index (χ0) is 14.0. The molecule has 1 heterocycles. The van der Waals surface area contributed by atoms with Gasteiger partial charge in [-0.2, -0.15) is 0 Å². The first-order valence-electron chi connectivity index (χ1n) is 6.32. The Morgan fingerprint density at radius 2 is 1.84 bits per heavy atom. The van der Waals surface area contributed by atoms with Gasteiger partial charge in [-0.3, -0.25) is 0 Å². The van der Waals surface area contributed by atoms with Crippen LogP contribution in [0.5, 0.6) is 0 Å². The van der Waals surface area contributed by atoms with Crippen LogP contribution in [0, 0.1) is 12.7 Å². The molecule has 19 heavy (non-hydrogen) atoms. The molecule has 0 saturated heterocycles. The Labute approximate surface area is 117 Å². The van der Waals surface area contributed by atoms with E-state index < -0.39 is 0 Å². The second kappa shape index (κ2) is 5.39. The van der Waals surface area contributed by atoms with E-state index in [0.29, 0.717) is 0 Å². The molecule has 0 saturated carbocycles. The van der Waals surface area contributed by atoms with Crippen molar-refractivity contribution in [2.75, 3.05) is 0 Å². The molecule has 0 aliphatic heterocycles. The van der Waals surface area contributed by atoms with E-state index in [-0.39, 0.29) is 11.4 Å². The van der Waals surface area contributed by atoms with Crippen LogP contribution < -0.4 is 5.32 Å². The molecule has 1 aromatic carbocycles. The lowest BCUT2D eigenvalue weighted by molar-refractivity contribution is 0.425. The molecule has 0 atom stereocenters. The fourth-order valence-corrected chi connectivity index (χ4v) is 2.66. The Morgan fingerprint density at radius 1 is 1.21 bits per heavy atom. The molecular formula is C15H19FN2S. The van der Waals surface area contributed by atoms with Gasteiger partial charge in [0.2, 0.25) is 0 Å². The van der Waals surface area contributed by atoms with Crippen LogP contribution in [0.3, 0.4) is 0 Å². The van der Waals surface area contributed by atoms with Gasteiger partial charge >= 0.3 is 0 Å². The Kier molecular flexibility index (Phi) is 4.02. The van der Waals surface area contributed by atoms with Crippen molar-refractivity contribution in [3.63, 3.8) is 0 Å². The molecule has 2 nitrogen and oxygen atoms in total. The summed E-state index contributed by atoms with van der Waals surface area (Å²) in [4.78, 5) is 5.80. The molecular weight excluding hydrogens is 259 g/mol. The number of nitrogens with one attached hydrogen (secondary N) is 1. The van der Waals surface area contributed by atoms with Gasteiger partial charge in [0, 0.05) is 22.5 Å². The third-order valence-corrected chi connectivity index (χ3v) is 3.97. The van der Waals surface area contributed by atoms with Crippen molar-refractivity contribution in [1.29, 1.82) is 0 Å². The highest BCUT2D eigenvalue weighted by Crippen LogP contribution is 2.28. The van der Waals surface area contributed by atoms with Gasteiger partial charge in [0.1, 0.15) is 10.8 Å². The lowest BCUT2D eigenvalue weighted by Crippen LogP contribution is -2.34. The van der Waals surface area contributed by atoms with Crippen LogP contribution in [0.1, 0.15) is 31.3 Å². The Bertz CT molecular complexity index is 553. The predicted octanol–water partition coefficient (Wildman–Crippen LogP) is 4.15. The molecule has 0 aliphatic carbocycles. The molecule has 0 bridgehead atoms. The minimum atomic E-state index is -0.216. The fraction of sp³-hybridized carbons (Fsp3) is 0.400. The van der Waals surface area contributed by atoms with Crippen molar-refractivity contribution >= 4 is 11.3 Å². The average molecular weight is 278 g/mol. The van der Waals surface area contributed by atoms with Gasteiger partial charge in [-0.05, 0) is 52.0 Å². The number of rotatable bonds is 3. The van der Waals surface area contributed by atoms with Crippen LogP contribution in [0.4, 0.5) is 4.39 Å². The molecule has 0 radical (unpaired) electrons. The van der Waals surface area contributed by atoms with Crippen molar-refractivity contribution in [3.05, 3.63) is 40.7 Å². The van der Waals surface area contributed by atoms with Gasteiger partial charge in [-0.25, -0.2) is 9.37 Å². The second-order valence-corrected chi connectivity index (χ2v) is 6.72. The third-order valence-electron chi connectivity index (χ3n) is 2.76. The maximum atomic E-state index is 12.9. The SMILES string of the molecule is Cc1nc(-c2ccc(F)cc2)sc1CNC(C)(C)C. The highest BCUT2D eigenvalue weighted by molar-refractivity contribution is 7.15. The van der Waals surface area contributed by atoms with E-state index in [4.69, 9.17) is 0 Å². The number of hydrogen-bond donors (Lipinski definition) is 1. The smallest absolute Gasteiger partial charge is 0.123 e. The number of halogens is 1. The van der Waals surface area contributed by atoms with E-state index >= 15 is 0 Å². The van der Waals surface area contributed by atoms with Crippen LogP contribution >= 0.6 is 11.3 Å². The Morgan fingerprint density at radius 3 is 2.42 bits per heavy atom. The zero-order valence-electron chi connectivity index (χ0n) is 11.7. The standard InChI is InChI=1S/C15H19FN2S/c1-10-13(9-17-15(2,3)4)19-14(18-10)11-5-7-12(16)8-6-11/h5-8,17H,9H2,1-4H3. The van der Waals surface area contributed by atoms with Crippen LogP contribution in [0.15, 0.2) is 24.3 Å².